The van der Waals surface area contributed by atoms with Gasteiger partial charge in [0, 0.05) is 11.0 Å². The third-order valence-electron chi connectivity index (χ3n) is 2.91. The fraction of sp³-hybridized carbons (Fsp3) is 0.385. The molecule has 1 aromatic rings. The molecule has 0 heterocycles. The molecular weight excluding hydrogens is 214 g/mol. The van der Waals surface area contributed by atoms with Gasteiger partial charge in [0.1, 0.15) is 5.84 Å². The van der Waals surface area contributed by atoms with Gasteiger partial charge in [0.2, 0.25) is 5.91 Å². The number of nitrogens with one attached hydrogen (secondary N) is 1. The fourth-order valence-corrected chi connectivity index (χ4v) is 1.67. The molecule has 4 heteroatoms. The molecule has 1 rings (SSSR count). The number of carbonyl (C=O) groups excluding carboxylic acids is 1. The zero-order chi connectivity index (χ0) is 13.2. The van der Waals surface area contributed by atoms with Gasteiger partial charge in [-0.25, -0.2) is 0 Å². The van der Waals surface area contributed by atoms with Crippen molar-refractivity contribution < 1.29 is 4.79 Å². The van der Waals surface area contributed by atoms with Gasteiger partial charge in [-0.2, -0.15) is 0 Å². The van der Waals surface area contributed by atoms with Crippen LogP contribution >= 0.6 is 0 Å². The van der Waals surface area contributed by atoms with Crippen molar-refractivity contribution in [3.05, 3.63) is 34.9 Å². The van der Waals surface area contributed by atoms with E-state index >= 15 is 0 Å². The van der Waals surface area contributed by atoms with Gasteiger partial charge in [0.25, 0.3) is 0 Å². The van der Waals surface area contributed by atoms with Gasteiger partial charge in [-0.15, -0.1) is 0 Å². The third kappa shape index (κ3) is 3.06. The highest BCUT2D eigenvalue weighted by atomic mass is 16.1. The molecule has 0 bridgehead atoms. The van der Waals surface area contributed by atoms with Crippen molar-refractivity contribution in [1.82, 2.24) is 0 Å². The molecule has 0 aliphatic carbocycles. The maximum absolute atomic E-state index is 11.3. The number of amides is 1. The van der Waals surface area contributed by atoms with Crippen LogP contribution in [-0.4, -0.2) is 11.7 Å². The van der Waals surface area contributed by atoms with Gasteiger partial charge in [-0.1, -0.05) is 26.0 Å². The number of nitrogen functional groups attached to an aromatic ring is 1. The molecule has 0 aromatic heterocycles. The molecule has 0 atom stereocenters. The summed E-state index contributed by atoms with van der Waals surface area (Å²) in [6.45, 7) is 5.52. The summed E-state index contributed by atoms with van der Waals surface area (Å²) in [7, 11) is 0. The van der Waals surface area contributed by atoms with Crippen LogP contribution in [0.25, 0.3) is 0 Å². The summed E-state index contributed by atoms with van der Waals surface area (Å²) in [5.41, 5.74) is 12.9. The molecule has 0 aliphatic rings. The van der Waals surface area contributed by atoms with Crippen molar-refractivity contribution in [3.63, 3.8) is 0 Å². The van der Waals surface area contributed by atoms with E-state index in [-0.39, 0.29) is 11.7 Å². The largest absolute Gasteiger partial charge is 0.384 e. The summed E-state index contributed by atoms with van der Waals surface area (Å²) in [4.78, 5) is 11.3. The van der Waals surface area contributed by atoms with Crippen molar-refractivity contribution in [1.29, 1.82) is 5.41 Å². The number of aryl methyl sites for hydroxylation is 1. The molecule has 92 valence electrons. The van der Waals surface area contributed by atoms with E-state index in [4.69, 9.17) is 16.9 Å². The van der Waals surface area contributed by atoms with Crippen molar-refractivity contribution in [2.45, 2.75) is 27.2 Å². The van der Waals surface area contributed by atoms with Crippen LogP contribution in [0.3, 0.4) is 0 Å². The standard InChI is InChI=1S/C13H19N3O/c1-8-4-5-9(6-10(8)11(14)15)7-13(2,3)12(16)17/h4-6H,7H2,1-3H3,(H3,14,15)(H2,16,17). The van der Waals surface area contributed by atoms with Crippen LogP contribution in [-0.2, 0) is 11.2 Å². The Morgan fingerprint density at radius 1 is 1.35 bits per heavy atom. The van der Waals surface area contributed by atoms with E-state index < -0.39 is 5.41 Å². The Labute approximate surface area is 102 Å². The van der Waals surface area contributed by atoms with Crippen LogP contribution in [0.5, 0.6) is 0 Å². The van der Waals surface area contributed by atoms with E-state index in [1.54, 1.807) is 0 Å². The summed E-state index contributed by atoms with van der Waals surface area (Å²) < 4.78 is 0. The van der Waals surface area contributed by atoms with Crippen molar-refractivity contribution in [3.8, 4) is 0 Å². The first kappa shape index (κ1) is 13.2. The molecule has 0 aliphatic heterocycles. The summed E-state index contributed by atoms with van der Waals surface area (Å²) in [6.07, 6.45) is 0.545. The van der Waals surface area contributed by atoms with Crippen LogP contribution in [0.1, 0.15) is 30.5 Å². The van der Waals surface area contributed by atoms with Crippen molar-refractivity contribution >= 4 is 11.7 Å². The SMILES string of the molecule is Cc1ccc(CC(C)(C)C(N)=O)cc1C(=N)N. The number of benzene rings is 1. The average molecular weight is 233 g/mol. The number of amidine groups is 1. The van der Waals surface area contributed by atoms with E-state index in [1.165, 1.54) is 0 Å². The summed E-state index contributed by atoms with van der Waals surface area (Å²) in [6, 6.07) is 5.69. The Bertz CT molecular complexity index is 464. The molecule has 17 heavy (non-hydrogen) atoms. The minimum absolute atomic E-state index is 0.0428. The lowest BCUT2D eigenvalue weighted by atomic mass is 9.84. The van der Waals surface area contributed by atoms with Crippen LogP contribution in [0.2, 0.25) is 0 Å². The highest BCUT2D eigenvalue weighted by Crippen LogP contribution is 2.22. The number of rotatable bonds is 4. The Hall–Kier alpha value is -1.84. The number of nitrogens with two attached hydrogens (primary N) is 2. The van der Waals surface area contributed by atoms with Gasteiger partial charge in [0.05, 0.1) is 0 Å². The Balaban J connectivity index is 3.05. The first-order chi connectivity index (χ1) is 7.74. The topological polar surface area (TPSA) is 93.0 Å². The number of hydrogen-bond acceptors (Lipinski definition) is 2. The van der Waals surface area contributed by atoms with Gasteiger partial charge < -0.3 is 11.5 Å². The number of hydrogen-bond donors (Lipinski definition) is 3. The molecule has 0 unspecified atom stereocenters. The lowest BCUT2D eigenvalue weighted by molar-refractivity contribution is -0.125. The molecule has 5 N–H and O–H groups in total. The van der Waals surface area contributed by atoms with Crippen LogP contribution in [0, 0.1) is 17.7 Å². The Morgan fingerprint density at radius 3 is 2.41 bits per heavy atom. The van der Waals surface area contributed by atoms with Gasteiger partial charge in [0.15, 0.2) is 0 Å². The molecule has 0 saturated carbocycles. The Kier molecular flexibility index (Phi) is 3.56. The first-order valence-electron chi connectivity index (χ1n) is 5.48. The third-order valence-corrected chi connectivity index (χ3v) is 2.91. The maximum atomic E-state index is 11.3. The molecule has 1 amide bonds. The quantitative estimate of drug-likeness (QED) is 0.540. The molecule has 0 radical (unpaired) electrons. The minimum Gasteiger partial charge on any atom is -0.384 e. The van der Waals surface area contributed by atoms with E-state index in [0.717, 1.165) is 11.1 Å². The monoisotopic (exact) mass is 233 g/mol. The highest BCUT2D eigenvalue weighted by molar-refractivity contribution is 5.96. The number of carbonyl (C=O) groups is 1. The lowest BCUT2D eigenvalue weighted by Gasteiger charge is -2.21. The summed E-state index contributed by atoms with van der Waals surface area (Å²) in [5.74, 6) is -0.288. The second-order valence-electron chi connectivity index (χ2n) is 4.99. The lowest BCUT2D eigenvalue weighted by Crippen LogP contribution is -2.33. The predicted octanol–water partition coefficient (Wildman–Crippen LogP) is 1.33. The maximum Gasteiger partial charge on any atom is 0.223 e. The van der Waals surface area contributed by atoms with E-state index in [1.807, 2.05) is 39.0 Å². The second kappa shape index (κ2) is 4.57. The molecule has 4 nitrogen and oxygen atoms in total. The van der Waals surface area contributed by atoms with E-state index in [2.05, 4.69) is 0 Å². The van der Waals surface area contributed by atoms with Crippen LogP contribution in [0.4, 0.5) is 0 Å². The number of primary amides is 1. The molecule has 0 saturated heterocycles. The summed E-state index contributed by atoms with van der Waals surface area (Å²) >= 11 is 0. The first-order valence-corrected chi connectivity index (χ1v) is 5.48. The van der Waals surface area contributed by atoms with E-state index in [0.29, 0.717) is 12.0 Å². The normalized spacial score (nSPS) is 11.2. The Morgan fingerprint density at radius 2 is 1.94 bits per heavy atom. The zero-order valence-electron chi connectivity index (χ0n) is 10.5. The van der Waals surface area contributed by atoms with E-state index in [9.17, 15) is 4.79 Å². The smallest absolute Gasteiger partial charge is 0.223 e. The summed E-state index contributed by atoms with van der Waals surface area (Å²) in [5, 5.41) is 7.47. The van der Waals surface area contributed by atoms with Crippen molar-refractivity contribution in [2.75, 3.05) is 0 Å². The van der Waals surface area contributed by atoms with Crippen LogP contribution in [0.15, 0.2) is 18.2 Å². The van der Waals surface area contributed by atoms with Crippen LogP contribution < -0.4 is 11.5 Å². The van der Waals surface area contributed by atoms with Gasteiger partial charge in [-0.3, -0.25) is 10.2 Å². The molecule has 0 fully saturated rings. The molecule has 1 aromatic carbocycles. The molecular formula is C13H19N3O. The minimum atomic E-state index is -0.594. The average Bonchev–Trinajstić information content (AvgIpc) is 2.20. The molecule has 0 spiro atoms. The fourth-order valence-electron chi connectivity index (χ4n) is 1.67. The highest BCUT2D eigenvalue weighted by Gasteiger charge is 2.25. The second-order valence-corrected chi connectivity index (χ2v) is 4.99. The van der Waals surface area contributed by atoms with Crippen molar-refractivity contribution in [2.24, 2.45) is 16.9 Å². The van der Waals surface area contributed by atoms with Gasteiger partial charge >= 0.3 is 0 Å². The van der Waals surface area contributed by atoms with Gasteiger partial charge in [-0.05, 0) is 30.5 Å². The predicted molar refractivity (Wildman–Crippen MR) is 68.9 cm³/mol. The zero-order valence-corrected chi connectivity index (χ0v) is 10.5.